The molecule has 1 aromatic heterocycles. The lowest BCUT2D eigenvalue weighted by Gasteiger charge is -2.41. The van der Waals surface area contributed by atoms with Crippen LogP contribution in [0.1, 0.15) is 37.8 Å². The summed E-state index contributed by atoms with van der Waals surface area (Å²) in [5, 5.41) is 3.91. The van der Waals surface area contributed by atoms with Gasteiger partial charge in [-0.25, -0.2) is 8.42 Å². The van der Waals surface area contributed by atoms with Crippen molar-refractivity contribution >= 4 is 50.8 Å². The summed E-state index contributed by atoms with van der Waals surface area (Å²) in [6.07, 6.45) is 4.72. The summed E-state index contributed by atoms with van der Waals surface area (Å²) in [4.78, 5) is 31.7. The number of carbonyl (C=O) groups is 2. The highest BCUT2D eigenvalue weighted by Gasteiger charge is 2.48. The molecule has 0 bridgehead atoms. The van der Waals surface area contributed by atoms with Gasteiger partial charge >= 0.3 is 0 Å². The van der Waals surface area contributed by atoms with E-state index in [1.807, 2.05) is 54.7 Å². The van der Waals surface area contributed by atoms with Crippen molar-refractivity contribution in [2.24, 2.45) is 5.73 Å². The van der Waals surface area contributed by atoms with E-state index in [1.54, 1.807) is 18.7 Å². The Morgan fingerprint density at radius 2 is 1.74 bits per heavy atom. The quantitative estimate of drug-likeness (QED) is 0.418. The number of hydrogen-bond acceptors (Lipinski definition) is 5. The van der Waals surface area contributed by atoms with Crippen molar-refractivity contribution < 1.29 is 18.0 Å². The number of para-hydroxylation sites is 2. The monoisotopic (exact) mass is 573 g/mol. The van der Waals surface area contributed by atoms with Gasteiger partial charge in [-0.05, 0) is 49.9 Å². The lowest BCUT2D eigenvalue weighted by Crippen LogP contribution is -2.58. The van der Waals surface area contributed by atoms with Crippen molar-refractivity contribution in [3.05, 3.63) is 65.9 Å². The molecule has 1 fully saturated rings. The maximum Gasteiger partial charge on any atom is 0.245 e. The Labute approximate surface area is 235 Å². The molecule has 3 aromatic rings. The fourth-order valence-corrected chi connectivity index (χ4v) is 6.75. The van der Waals surface area contributed by atoms with Crippen molar-refractivity contribution in [2.45, 2.75) is 50.1 Å². The molecular weight excluding hydrogens is 538 g/mol. The van der Waals surface area contributed by atoms with Gasteiger partial charge in [0.05, 0.1) is 17.5 Å². The smallest absolute Gasteiger partial charge is 0.245 e. The number of fused-ring (bicyclic) bond motifs is 3. The number of benzene rings is 2. The molecule has 0 aliphatic carbocycles. The Bertz CT molecular complexity index is 1490. The third-order valence-electron chi connectivity index (χ3n) is 7.91. The van der Waals surface area contributed by atoms with E-state index < -0.39 is 27.5 Å². The van der Waals surface area contributed by atoms with Gasteiger partial charge in [-0.2, -0.15) is 0 Å². The highest BCUT2D eigenvalue weighted by Crippen LogP contribution is 2.47. The molecule has 2 aliphatic rings. The van der Waals surface area contributed by atoms with Gasteiger partial charge in [0.25, 0.3) is 0 Å². The van der Waals surface area contributed by atoms with Gasteiger partial charge in [0, 0.05) is 48.6 Å². The maximum absolute atomic E-state index is 13.8. The van der Waals surface area contributed by atoms with Gasteiger partial charge in [0.1, 0.15) is 6.04 Å². The summed E-state index contributed by atoms with van der Waals surface area (Å²) in [6.45, 7) is 4.55. The molecule has 1 unspecified atom stereocenters. The minimum absolute atomic E-state index is 0. The highest BCUT2D eigenvalue weighted by atomic mass is 35.5. The molecule has 1 atom stereocenters. The summed E-state index contributed by atoms with van der Waals surface area (Å²) in [5.74, 6) is -0.549. The fourth-order valence-electron chi connectivity index (χ4n) is 5.75. The highest BCUT2D eigenvalue weighted by molar-refractivity contribution is 7.92. The molecule has 0 radical (unpaired) electrons. The predicted molar refractivity (Wildman–Crippen MR) is 156 cm³/mol. The normalized spacial score (nSPS) is 17.5. The first-order valence-corrected chi connectivity index (χ1v) is 14.7. The number of rotatable bonds is 6. The number of nitrogens with one attached hydrogen (secondary N) is 2. The zero-order valence-corrected chi connectivity index (χ0v) is 24.1. The second-order valence-electron chi connectivity index (χ2n) is 11.2. The third kappa shape index (κ3) is 5.50. The molecule has 9 nitrogen and oxygen atoms in total. The Hall–Kier alpha value is -3.08. The maximum atomic E-state index is 13.8. The molecule has 3 heterocycles. The summed E-state index contributed by atoms with van der Waals surface area (Å²) in [6, 6.07) is 14.7. The summed E-state index contributed by atoms with van der Waals surface area (Å²) in [7, 11) is -3.42. The first-order valence-electron chi connectivity index (χ1n) is 12.9. The Balaban J connectivity index is 0.00000353. The van der Waals surface area contributed by atoms with Crippen molar-refractivity contribution in [3.8, 4) is 0 Å². The predicted octanol–water partition coefficient (Wildman–Crippen LogP) is 2.69. The van der Waals surface area contributed by atoms with Crippen LogP contribution in [0.15, 0.2) is 54.7 Å². The number of likely N-dealkylation sites (tertiary alicyclic amines) is 1. The summed E-state index contributed by atoms with van der Waals surface area (Å²) >= 11 is 0. The van der Waals surface area contributed by atoms with Crippen molar-refractivity contribution in [1.82, 2.24) is 15.2 Å². The number of aromatic nitrogens is 1. The van der Waals surface area contributed by atoms with Crippen LogP contribution in [0, 0.1) is 0 Å². The first kappa shape index (κ1) is 28.9. The number of sulfonamides is 1. The van der Waals surface area contributed by atoms with Gasteiger partial charge < -0.3 is 20.9 Å². The number of hydrogen-bond donors (Lipinski definition) is 3. The number of nitrogens with two attached hydrogens (primary N) is 1. The molecule has 1 saturated heterocycles. The van der Waals surface area contributed by atoms with Crippen LogP contribution < -0.4 is 15.4 Å². The summed E-state index contributed by atoms with van der Waals surface area (Å²) in [5.41, 5.74) is 8.22. The average Bonchev–Trinajstić information content (AvgIpc) is 3.43. The number of nitrogens with zero attached hydrogens (tertiary/aromatic N) is 2. The lowest BCUT2D eigenvalue weighted by molar-refractivity contribution is -0.138. The zero-order chi connectivity index (χ0) is 27.3. The molecule has 4 N–H and O–H groups in total. The van der Waals surface area contributed by atoms with E-state index >= 15 is 0 Å². The topological polar surface area (TPSA) is 129 Å². The standard InChI is InChI=1S/C28H35N5O4S.ClH/c1-27(2,29)26(35)31-23(16-19-17-30-22-10-6-4-8-20(19)22)25(34)32-14-12-28(13-15-32)18-33(38(3,36)37)24-11-7-5-9-21(24)28;/h4-11,17,23,30H,12-16,18,29H2,1-3H3,(H,31,35);1H. The minimum atomic E-state index is -3.42. The Morgan fingerprint density at radius 1 is 1.10 bits per heavy atom. The molecule has 11 heteroatoms. The van der Waals surface area contributed by atoms with Crippen LogP contribution in [-0.4, -0.2) is 67.6 Å². The molecule has 2 aromatic carbocycles. The molecule has 2 aliphatic heterocycles. The number of H-pyrrole nitrogens is 1. The number of carbonyl (C=O) groups excluding carboxylic acids is 2. The second kappa shape index (κ2) is 10.5. The number of amides is 2. The van der Waals surface area contributed by atoms with E-state index in [-0.39, 0.29) is 23.7 Å². The van der Waals surface area contributed by atoms with E-state index in [0.717, 1.165) is 27.7 Å². The van der Waals surface area contributed by atoms with Crippen molar-refractivity contribution in [2.75, 3.05) is 30.2 Å². The van der Waals surface area contributed by atoms with E-state index in [9.17, 15) is 18.0 Å². The van der Waals surface area contributed by atoms with Crippen LogP contribution in [0.2, 0.25) is 0 Å². The van der Waals surface area contributed by atoms with Gasteiger partial charge in [0.2, 0.25) is 21.8 Å². The largest absolute Gasteiger partial charge is 0.361 e. The van der Waals surface area contributed by atoms with Crippen LogP contribution in [-0.2, 0) is 31.4 Å². The third-order valence-corrected chi connectivity index (χ3v) is 9.04. The number of anilines is 1. The van der Waals surface area contributed by atoms with Crippen LogP contribution >= 0.6 is 12.4 Å². The van der Waals surface area contributed by atoms with Crippen molar-refractivity contribution in [3.63, 3.8) is 0 Å². The van der Waals surface area contributed by atoms with Crippen molar-refractivity contribution in [1.29, 1.82) is 0 Å². The van der Waals surface area contributed by atoms with Gasteiger partial charge in [-0.15, -0.1) is 12.4 Å². The second-order valence-corrected chi connectivity index (χ2v) is 13.1. The number of halogens is 1. The van der Waals surface area contributed by atoms with Crippen LogP contribution in [0.4, 0.5) is 5.69 Å². The zero-order valence-electron chi connectivity index (χ0n) is 22.4. The van der Waals surface area contributed by atoms with Gasteiger partial charge in [-0.3, -0.25) is 13.9 Å². The van der Waals surface area contributed by atoms with E-state index in [0.29, 0.717) is 38.9 Å². The molecule has 5 rings (SSSR count). The van der Waals surface area contributed by atoms with Crippen LogP contribution in [0.25, 0.3) is 10.9 Å². The Morgan fingerprint density at radius 3 is 2.41 bits per heavy atom. The summed E-state index contributed by atoms with van der Waals surface area (Å²) < 4.78 is 26.5. The van der Waals surface area contributed by atoms with Crippen LogP contribution in [0.3, 0.4) is 0 Å². The van der Waals surface area contributed by atoms with Crippen LogP contribution in [0.5, 0.6) is 0 Å². The number of piperidine rings is 1. The van der Waals surface area contributed by atoms with E-state index in [4.69, 9.17) is 5.73 Å². The van der Waals surface area contributed by atoms with E-state index in [2.05, 4.69) is 10.3 Å². The number of aromatic amines is 1. The molecule has 1 spiro atoms. The lowest BCUT2D eigenvalue weighted by atomic mass is 9.74. The average molecular weight is 574 g/mol. The molecular formula is C28H36ClN5O4S. The Kier molecular flexibility index (Phi) is 7.77. The van der Waals surface area contributed by atoms with E-state index in [1.165, 1.54) is 10.6 Å². The minimum Gasteiger partial charge on any atom is -0.361 e. The SMILES string of the molecule is CC(C)(N)C(=O)NC(Cc1c[nH]c2ccccc12)C(=O)N1CCC2(CC1)CN(S(C)(=O)=O)c1ccccc12.Cl. The van der Waals surface area contributed by atoms with Gasteiger partial charge in [-0.1, -0.05) is 36.4 Å². The molecule has 2 amide bonds. The van der Waals surface area contributed by atoms with Gasteiger partial charge in [0.15, 0.2) is 0 Å². The first-order chi connectivity index (χ1) is 17.9. The molecule has 0 saturated carbocycles. The molecule has 210 valence electrons. The molecule has 39 heavy (non-hydrogen) atoms. The fraction of sp³-hybridized carbons (Fsp3) is 0.429.